The van der Waals surface area contributed by atoms with E-state index < -0.39 is 29.1 Å². The van der Waals surface area contributed by atoms with Crippen molar-refractivity contribution in [2.45, 2.75) is 11.1 Å². The number of carboxylic acid groups (broad SMARTS) is 1. The lowest BCUT2D eigenvalue weighted by Crippen LogP contribution is -2.30. The lowest BCUT2D eigenvalue weighted by Gasteiger charge is -2.21. The highest BCUT2D eigenvalue weighted by atomic mass is 32.2. The predicted octanol–water partition coefficient (Wildman–Crippen LogP) is 3.50. The third-order valence-electron chi connectivity index (χ3n) is 5.17. The number of aromatic nitrogens is 1. The number of aliphatic hydroxyl groups is 1. The monoisotopic (exact) mass is 391 g/mol. The quantitative estimate of drug-likeness (QED) is 0.694. The third kappa shape index (κ3) is 2.13. The van der Waals surface area contributed by atoms with Gasteiger partial charge in [0.2, 0.25) is 5.78 Å². The average Bonchev–Trinajstić information content (AvgIpc) is 3.15. The van der Waals surface area contributed by atoms with Crippen molar-refractivity contribution in [2.24, 2.45) is 0 Å². The van der Waals surface area contributed by atoms with Gasteiger partial charge in [0.25, 0.3) is 5.56 Å². The van der Waals surface area contributed by atoms with Crippen LogP contribution in [-0.2, 0) is 4.79 Å². The summed E-state index contributed by atoms with van der Waals surface area (Å²) in [6.45, 7) is 0. The van der Waals surface area contributed by atoms with Crippen LogP contribution in [0.5, 0.6) is 0 Å². The summed E-state index contributed by atoms with van der Waals surface area (Å²) in [5.74, 6) is -1.82. The van der Waals surface area contributed by atoms with Crippen molar-refractivity contribution in [2.75, 3.05) is 5.75 Å². The van der Waals surface area contributed by atoms with Crippen molar-refractivity contribution in [3.8, 4) is 11.1 Å². The number of carbonyl (C=O) groups is 2. The Hall–Kier alpha value is -3.32. The van der Waals surface area contributed by atoms with E-state index in [9.17, 15) is 24.6 Å². The van der Waals surface area contributed by atoms with Gasteiger partial charge in [0.15, 0.2) is 5.76 Å². The summed E-state index contributed by atoms with van der Waals surface area (Å²) in [5.41, 5.74) is 1.78. The van der Waals surface area contributed by atoms with E-state index in [2.05, 4.69) is 0 Å². The SMILES string of the molecule is O=C1C(O)=Cc2c3n(c(=O)c4ccc(-c5ccccc5)c1c24)[C@H](C(=O)O)CS3. The Morgan fingerprint density at radius 3 is 2.57 bits per heavy atom. The first-order valence-corrected chi connectivity index (χ1v) is 9.59. The molecule has 138 valence electrons. The predicted molar refractivity (Wildman–Crippen MR) is 106 cm³/mol. The molecule has 5 rings (SSSR count). The van der Waals surface area contributed by atoms with Gasteiger partial charge < -0.3 is 10.2 Å². The second-order valence-electron chi connectivity index (χ2n) is 6.69. The van der Waals surface area contributed by atoms with Crippen molar-refractivity contribution in [3.05, 3.63) is 69.7 Å². The topological polar surface area (TPSA) is 96.6 Å². The van der Waals surface area contributed by atoms with Gasteiger partial charge >= 0.3 is 5.97 Å². The number of carboxylic acids is 1. The number of hydrogen-bond acceptors (Lipinski definition) is 5. The first-order valence-electron chi connectivity index (χ1n) is 8.60. The number of Topliss-reactive ketones (excluding diaryl/α,β-unsaturated/α-hetero) is 1. The van der Waals surface area contributed by atoms with Crippen molar-refractivity contribution < 1.29 is 19.8 Å². The van der Waals surface area contributed by atoms with E-state index in [1.807, 2.05) is 30.3 Å². The number of nitrogens with zero attached hydrogens (tertiary/aromatic N) is 1. The molecule has 2 N–H and O–H groups in total. The summed E-state index contributed by atoms with van der Waals surface area (Å²) in [5, 5.41) is 21.0. The minimum atomic E-state index is -1.08. The molecule has 1 aliphatic heterocycles. The number of aliphatic hydroxyl groups excluding tert-OH is 1. The van der Waals surface area contributed by atoms with Crippen molar-refractivity contribution in [3.63, 3.8) is 0 Å². The van der Waals surface area contributed by atoms with Crippen molar-refractivity contribution in [1.29, 1.82) is 0 Å². The molecule has 2 heterocycles. The molecule has 0 bridgehead atoms. The van der Waals surface area contributed by atoms with Crippen LogP contribution in [0.2, 0.25) is 0 Å². The van der Waals surface area contributed by atoms with Gasteiger partial charge in [-0.15, -0.1) is 11.8 Å². The molecule has 1 aromatic heterocycles. The van der Waals surface area contributed by atoms with Gasteiger partial charge in [0.05, 0.1) is 5.03 Å². The summed E-state index contributed by atoms with van der Waals surface area (Å²) >= 11 is 1.25. The van der Waals surface area contributed by atoms with Gasteiger partial charge in [-0.2, -0.15) is 0 Å². The average molecular weight is 391 g/mol. The van der Waals surface area contributed by atoms with Crippen LogP contribution in [0.4, 0.5) is 0 Å². The number of benzene rings is 2. The molecule has 0 radical (unpaired) electrons. The molecular weight excluding hydrogens is 378 g/mol. The first-order chi connectivity index (χ1) is 13.5. The zero-order valence-corrected chi connectivity index (χ0v) is 15.2. The largest absolute Gasteiger partial charge is 0.504 e. The summed E-state index contributed by atoms with van der Waals surface area (Å²) in [4.78, 5) is 37.6. The highest BCUT2D eigenvalue weighted by molar-refractivity contribution is 7.99. The van der Waals surface area contributed by atoms with E-state index in [0.717, 1.165) is 5.56 Å². The molecule has 0 unspecified atom stereocenters. The summed E-state index contributed by atoms with van der Waals surface area (Å²) in [6, 6.07) is 11.6. The van der Waals surface area contributed by atoms with Gasteiger partial charge in [0, 0.05) is 27.7 Å². The summed E-state index contributed by atoms with van der Waals surface area (Å²) < 4.78 is 1.26. The van der Waals surface area contributed by atoms with E-state index in [-0.39, 0.29) is 16.7 Å². The number of fused-ring (bicyclic) bond motifs is 2. The Balaban J connectivity index is 1.95. The van der Waals surface area contributed by atoms with Crippen molar-refractivity contribution >= 4 is 40.4 Å². The third-order valence-corrected chi connectivity index (χ3v) is 6.35. The van der Waals surface area contributed by atoms with Crippen LogP contribution >= 0.6 is 11.8 Å². The Morgan fingerprint density at radius 2 is 1.86 bits per heavy atom. The molecule has 0 spiro atoms. The molecule has 3 aromatic rings. The van der Waals surface area contributed by atoms with E-state index in [4.69, 9.17) is 0 Å². The number of allylic oxidation sites excluding steroid dienone is 1. The lowest BCUT2D eigenvalue weighted by molar-refractivity contribution is -0.140. The van der Waals surface area contributed by atoms with Crippen LogP contribution in [0.25, 0.3) is 28.0 Å². The Kier molecular flexibility index (Phi) is 3.51. The number of carbonyl (C=O) groups excluding carboxylic acids is 1. The fourth-order valence-corrected chi connectivity index (χ4v) is 5.20. The maximum atomic E-state index is 13.1. The van der Waals surface area contributed by atoms with Crippen LogP contribution < -0.4 is 5.56 Å². The molecule has 6 nitrogen and oxygen atoms in total. The molecule has 0 fully saturated rings. The molecule has 2 aliphatic rings. The highest BCUT2D eigenvalue weighted by Crippen LogP contribution is 2.43. The van der Waals surface area contributed by atoms with Gasteiger partial charge in [-0.3, -0.25) is 14.2 Å². The van der Waals surface area contributed by atoms with Gasteiger partial charge in [-0.25, -0.2) is 4.79 Å². The van der Waals surface area contributed by atoms with E-state index >= 15 is 0 Å². The normalized spacial score (nSPS) is 17.5. The Bertz CT molecular complexity index is 1290. The maximum Gasteiger partial charge on any atom is 0.327 e. The number of hydrogen-bond donors (Lipinski definition) is 2. The van der Waals surface area contributed by atoms with Gasteiger partial charge in [-0.1, -0.05) is 36.4 Å². The number of pyridine rings is 1. The van der Waals surface area contributed by atoms with Crippen molar-refractivity contribution in [1.82, 2.24) is 4.57 Å². The Labute approximate surface area is 162 Å². The molecule has 0 saturated heterocycles. The zero-order valence-electron chi connectivity index (χ0n) is 14.4. The molecular formula is C21H13NO5S. The maximum absolute atomic E-state index is 13.1. The van der Waals surface area contributed by atoms with Crippen LogP contribution in [-0.4, -0.2) is 32.3 Å². The van der Waals surface area contributed by atoms with Crippen LogP contribution in [0.1, 0.15) is 22.0 Å². The van der Waals surface area contributed by atoms with Crippen LogP contribution in [0.15, 0.2) is 58.0 Å². The molecule has 2 aromatic carbocycles. The molecule has 0 saturated carbocycles. The minimum absolute atomic E-state index is 0.220. The van der Waals surface area contributed by atoms with Crippen LogP contribution in [0, 0.1) is 0 Å². The molecule has 7 heteroatoms. The fourth-order valence-electron chi connectivity index (χ4n) is 3.92. The number of ketones is 1. The second kappa shape index (κ2) is 5.84. The second-order valence-corrected chi connectivity index (χ2v) is 7.70. The molecule has 28 heavy (non-hydrogen) atoms. The molecule has 1 atom stereocenters. The van der Waals surface area contributed by atoms with E-state index in [0.29, 0.717) is 21.5 Å². The lowest BCUT2D eigenvalue weighted by atomic mass is 9.86. The number of aliphatic carboxylic acids is 1. The van der Waals surface area contributed by atoms with Gasteiger partial charge in [-0.05, 0) is 23.3 Å². The number of rotatable bonds is 2. The molecule has 0 amide bonds. The van der Waals surface area contributed by atoms with Crippen LogP contribution in [0.3, 0.4) is 0 Å². The minimum Gasteiger partial charge on any atom is -0.504 e. The zero-order chi connectivity index (χ0) is 19.6. The Morgan fingerprint density at radius 1 is 1.11 bits per heavy atom. The highest BCUT2D eigenvalue weighted by Gasteiger charge is 2.36. The first kappa shape index (κ1) is 16.8. The number of thioether (sulfide) groups is 1. The standard InChI is InChI=1S/C21H13NO5S/c23-15-8-13-16-12(19(25)22-14(21(26)27)9-28-20(13)22)7-6-11(17(16)18(15)24)10-4-2-1-3-5-10/h1-8,14,23H,9H2,(H,26,27)/t14-/m0/s1. The smallest absolute Gasteiger partial charge is 0.327 e. The fraction of sp³-hybridized carbons (Fsp3) is 0.0952. The summed E-state index contributed by atoms with van der Waals surface area (Å²) in [7, 11) is 0. The van der Waals surface area contributed by atoms with E-state index in [1.165, 1.54) is 22.4 Å². The van der Waals surface area contributed by atoms with Gasteiger partial charge in [0.1, 0.15) is 6.04 Å². The summed E-state index contributed by atoms with van der Waals surface area (Å²) in [6.07, 6.45) is 1.34. The van der Waals surface area contributed by atoms with E-state index in [1.54, 1.807) is 12.1 Å². The molecule has 1 aliphatic carbocycles.